The van der Waals surface area contributed by atoms with E-state index in [1.165, 1.54) is 65.3 Å². The summed E-state index contributed by atoms with van der Waals surface area (Å²) in [6, 6.07) is 52.5. The molecule has 0 unspecified atom stereocenters. The number of furan rings is 1. The molecule has 0 saturated carbocycles. The zero-order chi connectivity index (χ0) is 26.9. The van der Waals surface area contributed by atoms with Gasteiger partial charge in [0.15, 0.2) is 0 Å². The Morgan fingerprint density at radius 2 is 1.07 bits per heavy atom. The fourth-order valence-electron chi connectivity index (χ4n) is 6.74. The van der Waals surface area contributed by atoms with E-state index in [1.807, 2.05) is 0 Å². The van der Waals surface area contributed by atoms with E-state index in [9.17, 15) is 0 Å². The Kier molecular flexibility index (Phi) is 4.67. The van der Waals surface area contributed by atoms with E-state index in [0.717, 1.165) is 21.9 Å². The zero-order valence-corrected chi connectivity index (χ0v) is 22.3. The third-order valence-electron chi connectivity index (χ3n) is 8.62. The van der Waals surface area contributed by atoms with E-state index in [4.69, 9.17) is 4.42 Å². The first kappa shape index (κ1) is 22.4. The summed E-state index contributed by atoms with van der Waals surface area (Å²) < 4.78 is 6.67. The molecule has 41 heavy (non-hydrogen) atoms. The molecule has 1 nitrogen and oxygen atoms in total. The van der Waals surface area contributed by atoms with Crippen molar-refractivity contribution in [3.63, 3.8) is 0 Å². The van der Waals surface area contributed by atoms with Gasteiger partial charge in [0.1, 0.15) is 11.2 Å². The molecule has 0 atom stereocenters. The van der Waals surface area contributed by atoms with Gasteiger partial charge < -0.3 is 4.42 Å². The van der Waals surface area contributed by atoms with Gasteiger partial charge in [-0.15, -0.1) is 0 Å². The fraction of sp³-hybridized carbons (Fsp3) is 0. The van der Waals surface area contributed by atoms with Crippen LogP contribution in [0.4, 0.5) is 0 Å². The number of benzene rings is 8. The van der Waals surface area contributed by atoms with E-state index in [-0.39, 0.29) is 0 Å². The van der Waals surface area contributed by atoms with E-state index in [2.05, 4.69) is 146 Å². The molecule has 1 aromatic heterocycles. The number of hydrogen-bond acceptors (Lipinski definition) is 1. The lowest BCUT2D eigenvalue weighted by Crippen LogP contribution is -1.88. The quantitative estimate of drug-likeness (QED) is 0.163. The molecule has 0 bridgehead atoms. The average Bonchev–Trinajstić information content (AvgIpc) is 3.43. The van der Waals surface area contributed by atoms with Crippen molar-refractivity contribution in [3.05, 3.63) is 146 Å². The van der Waals surface area contributed by atoms with Gasteiger partial charge >= 0.3 is 0 Å². The highest BCUT2D eigenvalue weighted by molar-refractivity contribution is 6.26. The van der Waals surface area contributed by atoms with Crippen molar-refractivity contribution in [1.29, 1.82) is 0 Å². The standard InChI is InChI=1S/C40H24O/c1-2-9-25(10-3-1)27-18-20-32-29(23-27)19-22-35-39-34(15-8-16-37(39)41-40(32)35)38-31-14-7-5-12-28(31)24-36-30-13-6-4-11-26(30)17-21-33(36)38/h1-24H. The molecule has 0 spiro atoms. The molecule has 9 rings (SSSR count). The lowest BCUT2D eigenvalue weighted by atomic mass is 9.88. The van der Waals surface area contributed by atoms with E-state index in [0.29, 0.717) is 0 Å². The number of rotatable bonds is 2. The monoisotopic (exact) mass is 520 g/mol. The molecule has 190 valence electrons. The van der Waals surface area contributed by atoms with Crippen LogP contribution in [0.25, 0.3) is 87.3 Å². The molecule has 0 amide bonds. The molecule has 0 aliphatic rings. The van der Waals surface area contributed by atoms with Gasteiger partial charge in [0.2, 0.25) is 0 Å². The van der Waals surface area contributed by atoms with Crippen LogP contribution in [-0.2, 0) is 0 Å². The Balaban J connectivity index is 1.37. The van der Waals surface area contributed by atoms with Gasteiger partial charge in [-0.25, -0.2) is 0 Å². The number of fused-ring (bicyclic) bond motifs is 9. The second kappa shape index (κ2) is 8.55. The van der Waals surface area contributed by atoms with Crippen molar-refractivity contribution in [2.24, 2.45) is 0 Å². The first-order valence-electron chi connectivity index (χ1n) is 14.1. The van der Waals surface area contributed by atoms with Crippen molar-refractivity contribution >= 4 is 65.0 Å². The number of hydrogen-bond donors (Lipinski definition) is 0. The molecule has 0 aliphatic heterocycles. The Labute approximate surface area is 236 Å². The van der Waals surface area contributed by atoms with Crippen LogP contribution in [0, 0.1) is 0 Å². The second-order valence-electron chi connectivity index (χ2n) is 10.9. The summed E-state index contributed by atoms with van der Waals surface area (Å²) in [6.45, 7) is 0. The molecule has 0 fully saturated rings. The lowest BCUT2D eigenvalue weighted by Gasteiger charge is -2.15. The van der Waals surface area contributed by atoms with Gasteiger partial charge in [-0.05, 0) is 90.3 Å². The van der Waals surface area contributed by atoms with Crippen molar-refractivity contribution in [2.75, 3.05) is 0 Å². The molecular formula is C40H24O. The third-order valence-corrected chi connectivity index (χ3v) is 8.62. The molecule has 1 heterocycles. The van der Waals surface area contributed by atoms with E-state index >= 15 is 0 Å². The van der Waals surface area contributed by atoms with E-state index < -0.39 is 0 Å². The van der Waals surface area contributed by atoms with Gasteiger partial charge in [0, 0.05) is 16.2 Å². The predicted molar refractivity (Wildman–Crippen MR) is 175 cm³/mol. The maximum atomic E-state index is 6.67. The van der Waals surface area contributed by atoms with Crippen LogP contribution in [0.2, 0.25) is 0 Å². The normalized spacial score (nSPS) is 11.9. The Hall–Kier alpha value is -5.40. The smallest absolute Gasteiger partial charge is 0.143 e. The van der Waals surface area contributed by atoms with Crippen LogP contribution < -0.4 is 0 Å². The maximum absolute atomic E-state index is 6.67. The summed E-state index contributed by atoms with van der Waals surface area (Å²) in [5.74, 6) is 0. The summed E-state index contributed by atoms with van der Waals surface area (Å²) in [7, 11) is 0. The molecule has 0 aliphatic carbocycles. The first-order chi connectivity index (χ1) is 20.3. The van der Waals surface area contributed by atoms with Crippen molar-refractivity contribution in [1.82, 2.24) is 0 Å². The van der Waals surface area contributed by atoms with E-state index in [1.54, 1.807) is 0 Å². The van der Waals surface area contributed by atoms with Gasteiger partial charge in [-0.2, -0.15) is 0 Å². The molecule has 0 saturated heterocycles. The van der Waals surface area contributed by atoms with Crippen molar-refractivity contribution in [3.8, 4) is 22.3 Å². The van der Waals surface area contributed by atoms with Crippen molar-refractivity contribution in [2.45, 2.75) is 0 Å². The molecule has 1 heteroatoms. The summed E-state index contributed by atoms with van der Waals surface area (Å²) in [4.78, 5) is 0. The molecule has 9 aromatic rings. The van der Waals surface area contributed by atoms with Crippen LogP contribution in [0.5, 0.6) is 0 Å². The Morgan fingerprint density at radius 1 is 0.366 bits per heavy atom. The summed E-state index contributed by atoms with van der Waals surface area (Å²) >= 11 is 0. The topological polar surface area (TPSA) is 13.1 Å². The Morgan fingerprint density at radius 3 is 1.98 bits per heavy atom. The van der Waals surface area contributed by atoms with Gasteiger partial charge in [-0.1, -0.05) is 115 Å². The van der Waals surface area contributed by atoms with Crippen molar-refractivity contribution < 1.29 is 4.42 Å². The highest BCUT2D eigenvalue weighted by Gasteiger charge is 2.19. The van der Waals surface area contributed by atoms with Crippen LogP contribution in [0.1, 0.15) is 0 Å². The minimum atomic E-state index is 0.916. The van der Waals surface area contributed by atoms with Gasteiger partial charge in [0.25, 0.3) is 0 Å². The lowest BCUT2D eigenvalue weighted by molar-refractivity contribution is 0.673. The average molecular weight is 521 g/mol. The maximum Gasteiger partial charge on any atom is 0.143 e. The van der Waals surface area contributed by atoms with Gasteiger partial charge in [-0.3, -0.25) is 0 Å². The molecule has 0 N–H and O–H groups in total. The summed E-state index contributed by atoms with van der Waals surface area (Å²) in [5.41, 5.74) is 6.76. The third kappa shape index (κ3) is 3.30. The minimum absolute atomic E-state index is 0.916. The SMILES string of the molecule is c1ccc(-c2ccc3c(ccc4c3oc3cccc(-c5c6ccccc6cc6c5ccc5ccccc56)c34)c2)cc1. The second-order valence-corrected chi connectivity index (χ2v) is 10.9. The summed E-state index contributed by atoms with van der Waals surface area (Å²) in [6.07, 6.45) is 0. The van der Waals surface area contributed by atoms with Crippen LogP contribution in [0.15, 0.2) is 150 Å². The van der Waals surface area contributed by atoms with Crippen LogP contribution in [-0.4, -0.2) is 0 Å². The molecule has 0 radical (unpaired) electrons. The predicted octanol–water partition coefficient (Wildman–Crippen LogP) is 11.5. The highest BCUT2D eigenvalue weighted by Crippen LogP contribution is 2.45. The van der Waals surface area contributed by atoms with Crippen LogP contribution >= 0.6 is 0 Å². The van der Waals surface area contributed by atoms with Gasteiger partial charge in [0.05, 0.1) is 0 Å². The zero-order valence-electron chi connectivity index (χ0n) is 22.3. The highest BCUT2D eigenvalue weighted by atomic mass is 16.3. The van der Waals surface area contributed by atoms with Crippen LogP contribution in [0.3, 0.4) is 0 Å². The fourth-order valence-corrected chi connectivity index (χ4v) is 6.74. The largest absolute Gasteiger partial charge is 0.455 e. The minimum Gasteiger partial charge on any atom is -0.455 e. The molecule has 8 aromatic carbocycles. The summed E-state index contributed by atoms with van der Waals surface area (Å²) in [5, 5.41) is 12.2. The Bertz CT molecular complexity index is 2460. The molecular weight excluding hydrogens is 496 g/mol. The first-order valence-corrected chi connectivity index (χ1v) is 14.1.